The van der Waals surface area contributed by atoms with Crippen LogP contribution in [0, 0.1) is 5.92 Å². The van der Waals surface area contributed by atoms with Crippen LogP contribution in [0.2, 0.25) is 0 Å². The van der Waals surface area contributed by atoms with Gasteiger partial charge in [-0.25, -0.2) is 15.0 Å². The number of anilines is 1. The fraction of sp³-hybridized carbons (Fsp3) is 0.478. The van der Waals surface area contributed by atoms with Crippen molar-refractivity contribution in [3.63, 3.8) is 0 Å². The molecule has 35 heavy (non-hydrogen) atoms. The van der Waals surface area contributed by atoms with E-state index in [1.54, 1.807) is 0 Å². The van der Waals surface area contributed by atoms with Crippen molar-refractivity contribution in [2.75, 3.05) is 12.3 Å². The van der Waals surface area contributed by atoms with Gasteiger partial charge in [0.2, 0.25) is 0 Å². The number of nitrogens with zero attached hydrogens (tertiary/aromatic N) is 4. The maximum atomic E-state index is 11.2. The normalized spacial score (nSPS) is 24.0. The van der Waals surface area contributed by atoms with Gasteiger partial charge in [0.25, 0.3) is 0 Å². The van der Waals surface area contributed by atoms with E-state index in [1.807, 2.05) is 30.3 Å². The van der Waals surface area contributed by atoms with E-state index in [0.29, 0.717) is 37.1 Å². The van der Waals surface area contributed by atoms with Crippen LogP contribution in [0.1, 0.15) is 31.1 Å². The van der Waals surface area contributed by atoms with Gasteiger partial charge in [-0.05, 0) is 37.3 Å². The number of aliphatic hydroxyl groups excluding tert-OH is 2. The predicted octanol–water partition coefficient (Wildman–Crippen LogP) is 0.0159. The molecule has 1 unspecified atom stereocenters. The van der Waals surface area contributed by atoms with Crippen LogP contribution in [0.3, 0.4) is 0 Å². The molecular weight excluding hydrogens is 454 g/mol. The van der Waals surface area contributed by atoms with Gasteiger partial charge in [-0.2, -0.15) is 0 Å². The van der Waals surface area contributed by atoms with E-state index in [0.717, 1.165) is 5.56 Å². The van der Waals surface area contributed by atoms with Crippen LogP contribution in [-0.2, 0) is 16.1 Å². The SMILES string of the molecule is Nc1ncnc2c1ncn2[C@@H]1O[C@H](C[C@H](CC[C@H](N)C(=O)O)CNCc2ccccc2)C(O)[C@@H]1O. The first-order chi connectivity index (χ1) is 16.8. The molecule has 3 heterocycles. The van der Waals surface area contributed by atoms with E-state index in [9.17, 15) is 15.0 Å². The third-order valence-electron chi connectivity index (χ3n) is 6.37. The lowest BCUT2D eigenvalue weighted by Crippen LogP contribution is -2.35. The first kappa shape index (κ1) is 24.9. The van der Waals surface area contributed by atoms with Crippen LogP contribution in [0.5, 0.6) is 0 Å². The highest BCUT2D eigenvalue weighted by atomic mass is 16.6. The number of carbonyl (C=O) groups is 1. The number of hydrogen-bond acceptors (Lipinski definition) is 10. The van der Waals surface area contributed by atoms with Crippen molar-refractivity contribution in [2.45, 2.75) is 56.4 Å². The highest BCUT2D eigenvalue weighted by Gasteiger charge is 2.45. The zero-order valence-electron chi connectivity index (χ0n) is 19.1. The molecule has 0 saturated carbocycles. The first-order valence-electron chi connectivity index (χ1n) is 11.5. The molecule has 1 aliphatic rings. The summed E-state index contributed by atoms with van der Waals surface area (Å²) in [5.41, 5.74) is 13.5. The lowest BCUT2D eigenvalue weighted by atomic mass is 9.92. The molecule has 2 aromatic heterocycles. The number of fused-ring (bicyclic) bond motifs is 1. The van der Waals surface area contributed by atoms with Crippen LogP contribution in [0.25, 0.3) is 11.2 Å². The Morgan fingerprint density at radius 1 is 1.14 bits per heavy atom. The molecule has 6 atom stereocenters. The third-order valence-corrected chi connectivity index (χ3v) is 6.37. The molecule has 3 aromatic rings. The van der Waals surface area contributed by atoms with Crippen molar-refractivity contribution in [1.82, 2.24) is 24.8 Å². The van der Waals surface area contributed by atoms with Crippen LogP contribution in [0.4, 0.5) is 5.82 Å². The number of aromatic nitrogens is 4. The molecule has 0 amide bonds. The molecular formula is C23H31N7O5. The average molecular weight is 486 g/mol. The van der Waals surface area contributed by atoms with Gasteiger partial charge in [-0.3, -0.25) is 9.36 Å². The number of benzene rings is 1. The third kappa shape index (κ3) is 5.74. The number of aliphatic carboxylic acids is 1. The number of hydrogen-bond donors (Lipinski definition) is 6. The van der Waals surface area contributed by atoms with Crippen molar-refractivity contribution >= 4 is 23.0 Å². The van der Waals surface area contributed by atoms with E-state index in [1.165, 1.54) is 17.2 Å². The summed E-state index contributed by atoms with van der Waals surface area (Å²) in [5, 5.41) is 34.1. The van der Waals surface area contributed by atoms with Crippen molar-refractivity contribution in [1.29, 1.82) is 0 Å². The molecule has 0 radical (unpaired) electrons. The molecule has 0 spiro atoms. The average Bonchev–Trinajstić information content (AvgIpc) is 3.40. The number of aliphatic hydroxyl groups is 2. The number of carboxylic acid groups (broad SMARTS) is 1. The maximum absolute atomic E-state index is 11.2. The zero-order valence-corrected chi connectivity index (χ0v) is 19.1. The Balaban J connectivity index is 1.44. The Kier molecular flexibility index (Phi) is 7.88. The molecule has 1 aliphatic heterocycles. The van der Waals surface area contributed by atoms with Crippen molar-refractivity contribution in [3.05, 3.63) is 48.5 Å². The Bertz CT molecular complexity index is 1130. The van der Waals surface area contributed by atoms with Crippen molar-refractivity contribution in [3.8, 4) is 0 Å². The van der Waals surface area contributed by atoms with Crippen molar-refractivity contribution in [2.24, 2.45) is 11.7 Å². The predicted molar refractivity (Wildman–Crippen MR) is 127 cm³/mol. The van der Waals surface area contributed by atoms with Gasteiger partial charge in [0.05, 0.1) is 12.4 Å². The molecule has 188 valence electrons. The minimum Gasteiger partial charge on any atom is -0.480 e. The van der Waals surface area contributed by atoms with Gasteiger partial charge >= 0.3 is 5.97 Å². The van der Waals surface area contributed by atoms with Gasteiger partial charge in [0.1, 0.15) is 30.1 Å². The topological polar surface area (TPSA) is 195 Å². The number of imidazole rings is 1. The van der Waals surface area contributed by atoms with Crippen LogP contribution >= 0.6 is 0 Å². The Labute approximate surface area is 202 Å². The summed E-state index contributed by atoms with van der Waals surface area (Å²) in [4.78, 5) is 23.5. The Hall–Kier alpha value is -3.16. The Morgan fingerprint density at radius 3 is 2.66 bits per heavy atom. The van der Waals surface area contributed by atoms with Crippen LogP contribution in [-0.4, -0.2) is 71.7 Å². The van der Waals surface area contributed by atoms with E-state index < -0.39 is 36.6 Å². The number of nitrogens with two attached hydrogens (primary N) is 2. The summed E-state index contributed by atoms with van der Waals surface area (Å²) in [6.45, 7) is 1.20. The monoisotopic (exact) mass is 485 g/mol. The summed E-state index contributed by atoms with van der Waals surface area (Å²) in [7, 11) is 0. The quantitative estimate of drug-likeness (QED) is 0.214. The molecule has 1 aromatic carbocycles. The van der Waals surface area contributed by atoms with Gasteiger partial charge < -0.3 is 36.8 Å². The number of nitrogen functional groups attached to an aromatic ring is 1. The second kappa shape index (κ2) is 11.1. The van der Waals surface area contributed by atoms with Gasteiger partial charge in [-0.15, -0.1) is 0 Å². The summed E-state index contributed by atoms with van der Waals surface area (Å²) in [5.74, 6) is -0.897. The van der Waals surface area contributed by atoms with Gasteiger partial charge in [0.15, 0.2) is 17.7 Å². The summed E-state index contributed by atoms with van der Waals surface area (Å²) in [6, 6.07) is 8.93. The van der Waals surface area contributed by atoms with Crippen molar-refractivity contribution < 1.29 is 24.9 Å². The Morgan fingerprint density at radius 2 is 1.91 bits per heavy atom. The molecule has 12 heteroatoms. The second-order valence-electron chi connectivity index (χ2n) is 8.87. The largest absolute Gasteiger partial charge is 0.480 e. The second-order valence-corrected chi connectivity index (χ2v) is 8.87. The van der Waals surface area contributed by atoms with Crippen LogP contribution < -0.4 is 16.8 Å². The maximum Gasteiger partial charge on any atom is 0.320 e. The lowest BCUT2D eigenvalue weighted by Gasteiger charge is -2.23. The van der Waals surface area contributed by atoms with Crippen LogP contribution in [0.15, 0.2) is 43.0 Å². The van der Waals surface area contributed by atoms with E-state index >= 15 is 0 Å². The van der Waals surface area contributed by atoms with Gasteiger partial charge in [-0.1, -0.05) is 30.3 Å². The number of rotatable bonds is 11. The number of nitrogens with one attached hydrogen (secondary N) is 1. The zero-order chi connectivity index (χ0) is 24.9. The smallest absolute Gasteiger partial charge is 0.320 e. The van der Waals surface area contributed by atoms with E-state index in [2.05, 4.69) is 20.3 Å². The molecule has 0 bridgehead atoms. The molecule has 8 N–H and O–H groups in total. The van der Waals surface area contributed by atoms with E-state index in [4.69, 9.17) is 21.3 Å². The summed E-state index contributed by atoms with van der Waals surface area (Å²) < 4.78 is 7.61. The summed E-state index contributed by atoms with van der Waals surface area (Å²) >= 11 is 0. The van der Waals surface area contributed by atoms with E-state index in [-0.39, 0.29) is 18.2 Å². The number of ether oxygens (including phenoxy) is 1. The first-order valence-corrected chi connectivity index (χ1v) is 11.5. The molecule has 1 saturated heterocycles. The fourth-order valence-corrected chi connectivity index (χ4v) is 4.40. The highest BCUT2D eigenvalue weighted by Crippen LogP contribution is 2.35. The van der Waals surface area contributed by atoms with Gasteiger partial charge in [0, 0.05) is 6.54 Å². The minimum absolute atomic E-state index is 0.0489. The summed E-state index contributed by atoms with van der Waals surface area (Å²) in [6.07, 6.45) is -0.0230. The molecule has 1 fully saturated rings. The minimum atomic E-state index is -1.22. The highest BCUT2D eigenvalue weighted by molar-refractivity contribution is 5.81. The lowest BCUT2D eigenvalue weighted by molar-refractivity contribution is -0.138. The molecule has 12 nitrogen and oxygen atoms in total. The standard InChI is InChI=1S/C23H31N7O5/c24-15(23(33)34)7-6-14(10-26-9-13-4-2-1-3-5-13)8-16-18(31)19(32)22(35-16)30-12-29-17-20(25)27-11-28-21(17)30/h1-5,11-12,14-16,18-19,22,26,31-32H,6-10,24H2,(H,33,34)(H2,25,27,28)/t14-,15-,16+,18?,19-,22+/m0/s1. The number of carboxylic acids is 1. The molecule has 4 rings (SSSR count). The fourth-order valence-electron chi connectivity index (χ4n) is 4.40. The molecule has 0 aliphatic carbocycles.